The van der Waals surface area contributed by atoms with Gasteiger partial charge in [0, 0.05) is 17.5 Å². The van der Waals surface area contributed by atoms with Crippen molar-refractivity contribution in [2.75, 3.05) is 7.11 Å². The third-order valence-corrected chi connectivity index (χ3v) is 3.58. The number of aliphatic carboxylic acids is 1. The van der Waals surface area contributed by atoms with Crippen LogP contribution in [-0.4, -0.2) is 23.3 Å². The third kappa shape index (κ3) is 2.70. The van der Waals surface area contributed by atoms with Crippen LogP contribution in [0.5, 0.6) is 11.5 Å². The molecule has 0 spiro atoms. The molecule has 1 saturated carbocycles. The summed E-state index contributed by atoms with van der Waals surface area (Å²) in [7, 11) is 1.49. The van der Waals surface area contributed by atoms with Gasteiger partial charge in [0.15, 0.2) is 0 Å². The van der Waals surface area contributed by atoms with Gasteiger partial charge in [-0.1, -0.05) is 11.6 Å². The molecule has 0 heterocycles. The largest absolute Gasteiger partial charge is 0.508 e. The Kier molecular flexibility index (Phi) is 3.66. The average molecular weight is 271 g/mol. The lowest BCUT2D eigenvalue weighted by molar-refractivity contribution is -0.137. The molecule has 2 N–H and O–H groups in total. The van der Waals surface area contributed by atoms with Crippen molar-refractivity contribution in [2.24, 2.45) is 5.92 Å². The summed E-state index contributed by atoms with van der Waals surface area (Å²) in [6.45, 7) is 0. The number of benzene rings is 1. The lowest BCUT2D eigenvalue weighted by Crippen LogP contribution is -2.09. The number of ether oxygens (including phenoxy) is 1. The van der Waals surface area contributed by atoms with E-state index in [1.807, 2.05) is 0 Å². The molecule has 1 atom stereocenters. The van der Waals surface area contributed by atoms with Crippen LogP contribution in [0.2, 0.25) is 5.02 Å². The van der Waals surface area contributed by atoms with E-state index in [4.69, 9.17) is 21.4 Å². The van der Waals surface area contributed by atoms with Crippen LogP contribution in [0, 0.1) is 5.92 Å². The smallest absolute Gasteiger partial charge is 0.303 e. The summed E-state index contributed by atoms with van der Waals surface area (Å²) in [4.78, 5) is 10.9. The van der Waals surface area contributed by atoms with E-state index in [1.54, 1.807) is 6.07 Å². The molecule has 4 nitrogen and oxygen atoms in total. The number of aromatic hydroxyl groups is 1. The summed E-state index contributed by atoms with van der Waals surface area (Å²) < 4.78 is 5.11. The molecule has 0 aliphatic heterocycles. The summed E-state index contributed by atoms with van der Waals surface area (Å²) in [6.07, 6.45) is 2.02. The fourth-order valence-electron chi connectivity index (χ4n) is 2.23. The topological polar surface area (TPSA) is 66.8 Å². The Balaban J connectivity index is 2.37. The molecule has 0 saturated heterocycles. The zero-order chi connectivity index (χ0) is 13.3. The van der Waals surface area contributed by atoms with Crippen molar-refractivity contribution in [1.29, 1.82) is 0 Å². The molecule has 0 aromatic heterocycles. The van der Waals surface area contributed by atoms with Gasteiger partial charge in [-0.3, -0.25) is 4.79 Å². The number of phenols is 1. The molecular weight excluding hydrogens is 256 g/mol. The quantitative estimate of drug-likeness (QED) is 0.863. The van der Waals surface area contributed by atoms with E-state index in [0.717, 1.165) is 12.8 Å². The van der Waals surface area contributed by atoms with Crippen LogP contribution in [0.1, 0.15) is 30.7 Å². The van der Waals surface area contributed by atoms with Crippen LogP contribution in [0.25, 0.3) is 0 Å². The van der Waals surface area contributed by atoms with E-state index in [-0.39, 0.29) is 18.1 Å². The van der Waals surface area contributed by atoms with Gasteiger partial charge in [-0.2, -0.15) is 0 Å². The second-order valence-corrected chi connectivity index (χ2v) is 4.99. The number of hydrogen-bond acceptors (Lipinski definition) is 3. The summed E-state index contributed by atoms with van der Waals surface area (Å²) >= 11 is 5.91. The number of rotatable bonds is 5. The Morgan fingerprint density at radius 1 is 1.56 bits per heavy atom. The number of methoxy groups -OCH3 is 1. The minimum absolute atomic E-state index is 0.0169. The average Bonchev–Trinajstić information content (AvgIpc) is 3.10. The van der Waals surface area contributed by atoms with E-state index in [9.17, 15) is 9.90 Å². The third-order valence-electron chi connectivity index (χ3n) is 3.29. The van der Waals surface area contributed by atoms with Gasteiger partial charge in [0.1, 0.15) is 11.5 Å². The maximum atomic E-state index is 10.9. The highest BCUT2D eigenvalue weighted by Crippen LogP contribution is 2.48. The number of carboxylic acids is 1. The van der Waals surface area contributed by atoms with Crippen LogP contribution >= 0.6 is 11.6 Å². The van der Waals surface area contributed by atoms with Crippen LogP contribution in [-0.2, 0) is 4.79 Å². The fraction of sp³-hybridized carbons (Fsp3) is 0.462. The molecule has 1 aromatic carbocycles. The molecule has 1 aliphatic rings. The molecule has 1 unspecified atom stereocenters. The highest BCUT2D eigenvalue weighted by Gasteiger charge is 2.35. The first-order chi connectivity index (χ1) is 8.52. The SMILES string of the molecule is COc1cc(C(CC(=O)O)C2CC2)c(O)cc1Cl. The van der Waals surface area contributed by atoms with Crippen LogP contribution in [0.15, 0.2) is 12.1 Å². The predicted octanol–water partition coefficient (Wildman–Crippen LogP) is 3.02. The molecular formula is C13H15ClO4. The maximum absolute atomic E-state index is 10.9. The molecule has 98 valence electrons. The highest BCUT2D eigenvalue weighted by molar-refractivity contribution is 6.32. The number of carboxylic acid groups (broad SMARTS) is 1. The normalized spacial score (nSPS) is 16.3. The van der Waals surface area contributed by atoms with Crippen molar-refractivity contribution in [3.63, 3.8) is 0 Å². The van der Waals surface area contributed by atoms with Crippen LogP contribution < -0.4 is 4.74 Å². The molecule has 5 heteroatoms. The first kappa shape index (κ1) is 13.0. The predicted molar refractivity (Wildman–Crippen MR) is 67.4 cm³/mol. The van der Waals surface area contributed by atoms with Gasteiger partial charge in [0.2, 0.25) is 0 Å². The highest BCUT2D eigenvalue weighted by atomic mass is 35.5. The van der Waals surface area contributed by atoms with E-state index in [2.05, 4.69) is 0 Å². The van der Waals surface area contributed by atoms with Crippen molar-refractivity contribution in [2.45, 2.75) is 25.2 Å². The lowest BCUT2D eigenvalue weighted by Gasteiger charge is -2.17. The summed E-state index contributed by atoms with van der Waals surface area (Å²) in [5.41, 5.74) is 0.612. The fourth-order valence-corrected chi connectivity index (χ4v) is 2.46. The van der Waals surface area contributed by atoms with Gasteiger partial charge in [-0.15, -0.1) is 0 Å². The monoisotopic (exact) mass is 270 g/mol. The van der Waals surface area contributed by atoms with Gasteiger partial charge in [0.05, 0.1) is 18.6 Å². The molecule has 0 amide bonds. The standard InChI is InChI=1S/C13H15ClO4/c1-18-12-4-9(11(15)6-10(12)14)8(5-13(16)17)7-2-3-7/h4,6-8,15H,2-3,5H2,1H3,(H,16,17). The number of carbonyl (C=O) groups is 1. The van der Waals surface area contributed by atoms with Crippen molar-refractivity contribution >= 4 is 17.6 Å². The Morgan fingerprint density at radius 2 is 2.22 bits per heavy atom. The second kappa shape index (κ2) is 5.06. The zero-order valence-corrected chi connectivity index (χ0v) is 10.8. The van der Waals surface area contributed by atoms with E-state index >= 15 is 0 Å². The van der Waals surface area contributed by atoms with Crippen molar-refractivity contribution < 1.29 is 19.7 Å². The van der Waals surface area contributed by atoms with Crippen molar-refractivity contribution in [3.8, 4) is 11.5 Å². The number of halogens is 1. The van der Waals surface area contributed by atoms with Gasteiger partial charge in [-0.25, -0.2) is 0 Å². The van der Waals surface area contributed by atoms with Gasteiger partial charge < -0.3 is 14.9 Å². The molecule has 0 radical (unpaired) electrons. The summed E-state index contributed by atoms with van der Waals surface area (Å²) in [5.74, 6) is -0.203. The van der Waals surface area contributed by atoms with E-state index in [0.29, 0.717) is 22.3 Å². The molecule has 1 fully saturated rings. The molecule has 1 aromatic rings. The number of hydrogen-bond donors (Lipinski definition) is 2. The summed E-state index contributed by atoms with van der Waals surface area (Å²) in [5, 5.41) is 19.2. The Morgan fingerprint density at radius 3 is 2.72 bits per heavy atom. The Hall–Kier alpha value is -1.42. The lowest BCUT2D eigenvalue weighted by atomic mass is 9.90. The van der Waals surface area contributed by atoms with E-state index < -0.39 is 5.97 Å². The summed E-state index contributed by atoms with van der Waals surface area (Å²) in [6, 6.07) is 3.05. The molecule has 0 bridgehead atoms. The molecule has 18 heavy (non-hydrogen) atoms. The Bertz CT molecular complexity index is 468. The maximum Gasteiger partial charge on any atom is 0.303 e. The molecule has 1 aliphatic carbocycles. The van der Waals surface area contributed by atoms with Gasteiger partial charge >= 0.3 is 5.97 Å². The van der Waals surface area contributed by atoms with Crippen LogP contribution in [0.4, 0.5) is 0 Å². The van der Waals surface area contributed by atoms with Gasteiger partial charge in [-0.05, 0) is 24.8 Å². The first-order valence-electron chi connectivity index (χ1n) is 5.81. The minimum atomic E-state index is -0.861. The first-order valence-corrected chi connectivity index (χ1v) is 6.19. The van der Waals surface area contributed by atoms with Crippen LogP contribution in [0.3, 0.4) is 0 Å². The Labute approximate surface area is 110 Å². The minimum Gasteiger partial charge on any atom is -0.508 e. The molecule has 2 rings (SSSR count). The zero-order valence-electron chi connectivity index (χ0n) is 10.0. The van der Waals surface area contributed by atoms with Gasteiger partial charge in [0.25, 0.3) is 0 Å². The van der Waals surface area contributed by atoms with Crippen molar-refractivity contribution in [3.05, 3.63) is 22.7 Å². The van der Waals surface area contributed by atoms with E-state index in [1.165, 1.54) is 13.2 Å². The number of phenolic OH excluding ortho intramolecular Hbond substituents is 1. The van der Waals surface area contributed by atoms with Crippen molar-refractivity contribution in [1.82, 2.24) is 0 Å². The second-order valence-electron chi connectivity index (χ2n) is 4.59.